The van der Waals surface area contributed by atoms with Crippen LogP contribution >= 0.6 is 11.3 Å². The van der Waals surface area contributed by atoms with Crippen molar-refractivity contribution >= 4 is 22.4 Å². The first-order valence-corrected chi connectivity index (χ1v) is 9.32. The van der Waals surface area contributed by atoms with Gasteiger partial charge in [-0.05, 0) is 30.3 Å². The van der Waals surface area contributed by atoms with Gasteiger partial charge in [-0.25, -0.2) is 9.67 Å². The van der Waals surface area contributed by atoms with Crippen molar-refractivity contribution in [2.45, 2.75) is 6.54 Å². The summed E-state index contributed by atoms with van der Waals surface area (Å²) in [5.74, 6) is -0.163. The standard InChI is InChI=1S/C18H19N5O2S/c24-17(14-2-4-16(5-3-14)23-7-1-6-19-23)21-18-20-15(13-26-18)12-22-8-10-25-11-9-22/h1-7,13H,8-12H2,(H,20,21,24). The summed E-state index contributed by atoms with van der Waals surface area (Å²) in [6.45, 7) is 4.16. The lowest BCUT2D eigenvalue weighted by Crippen LogP contribution is -2.35. The molecule has 1 saturated heterocycles. The van der Waals surface area contributed by atoms with Crippen molar-refractivity contribution in [3.8, 4) is 5.69 Å². The molecule has 0 spiro atoms. The van der Waals surface area contributed by atoms with E-state index >= 15 is 0 Å². The number of morpholine rings is 1. The monoisotopic (exact) mass is 369 g/mol. The van der Waals surface area contributed by atoms with Gasteiger partial charge in [0.2, 0.25) is 0 Å². The van der Waals surface area contributed by atoms with Crippen LogP contribution in [0.2, 0.25) is 0 Å². The van der Waals surface area contributed by atoms with Crippen LogP contribution in [0, 0.1) is 0 Å². The van der Waals surface area contributed by atoms with Gasteiger partial charge in [-0.3, -0.25) is 15.0 Å². The van der Waals surface area contributed by atoms with Crippen LogP contribution in [0.1, 0.15) is 16.1 Å². The number of aromatic nitrogens is 3. The lowest BCUT2D eigenvalue weighted by atomic mass is 10.2. The lowest BCUT2D eigenvalue weighted by Gasteiger charge is -2.25. The Morgan fingerprint density at radius 1 is 1.23 bits per heavy atom. The summed E-state index contributed by atoms with van der Waals surface area (Å²) < 4.78 is 7.10. The number of nitrogens with one attached hydrogen (secondary N) is 1. The molecule has 2 aromatic heterocycles. The fourth-order valence-corrected chi connectivity index (χ4v) is 3.48. The average molecular weight is 369 g/mol. The van der Waals surface area contributed by atoms with E-state index in [0.717, 1.165) is 44.2 Å². The molecule has 1 aromatic carbocycles. The molecule has 1 aliphatic rings. The van der Waals surface area contributed by atoms with Crippen molar-refractivity contribution < 1.29 is 9.53 Å². The predicted molar refractivity (Wildman–Crippen MR) is 99.7 cm³/mol. The highest BCUT2D eigenvalue weighted by Gasteiger charge is 2.14. The Hall–Kier alpha value is -2.55. The van der Waals surface area contributed by atoms with Crippen LogP contribution in [0.5, 0.6) is 0 Å². The third-order valence-electron chi connectivity index (χ3n) is 4.16. The van der Waals surface area contributed by atoms with Gasteiger partial charge in [0.15, 0.2) is 5.13 Å². The maximum atomic E-state index is 12.4. The molecule has 0 radical (unpaired) electrons. The third-order valence-corrected chi connectivity index (χ3v) is 4.97. The number of thiazole rings is 1. The smallest absolute Gasteiger partial charge is 0.257 e. The molecule has 1 amide bonds. The van der Waals surface area contributed by atoms with Crippen LogP contribution < -0.4 is 5.32 Å². The summed E-state index contributed by atoms with van der Waals surface area (Å²) in [4.78, 5) is 19.2. The fourth-order valence-electron chi connectivity index (χ4n) is 2.78. The van der Waals surface area contributed by atoms with Crippen LogP contribution in [-0.2, 0) is 11.3 Å². The molecule has 134 valence electrons. The van der Waals surface area contributed by atoms with E-state index in [1.165, 1.54) is 11.3 Å². The number of ether oxygens (including phenoxy) is 1. The number of nitrogens with zero attached hydrogens (tertiary/aromatic N) is 4. The number of carbonyl (C=O) groups excluding carboxylic acids is 1. The minimum Gasteiger partial charge on any atom is -0.379 e. The molecule has 0 unspecified atom stereocenters. The zero-order chi connectivity index (χ0) is 17.8. The van der Waals surface area contributed by atoms with Crippen LogP contribution in [-0.4, -0.2) is 51.9 Å². The van der Waals surface area contributed by atoms with Crippen LogP contribution in [0.25, 0.3) is 5.69 Å². The normalized spacial score (nSPS) is 15.1. The van der Waals surface area contributed by atoms with Gasteiger partial charge < -0.3 is 4.74 Å². The molecule has 0 aliphatic carbocycles. The maximum absolute atomic E-state index is 12.4. The molecular formula is C18H19N5O2S. The van der Waals surface area contributed by atoms with E-state index in [9.17, 15) is 4.79 Å². The van der Waals surface area contributed by atoms with E-state index in [0.29, 0.717) is 10.7 Å². The summed E-state index contributed by atoms with van der Waals surface area (Å²) in [6, 6.07) is 9.17. The Labute approximate surface area is 155 Å². The molecule has 0 bridgehead atoms. The van der Waals surface area contributed by atoms with Crippen LogP contribution in [0.4, 0.5) is 5.13 Å². The van der Waals surface area contributed by atoms with Gasteiger partial charge in [-0.2, -0.15) is 5.10 Å². The number of carbonyl (C=O) groups is 1. The van der Waals surface area contributed by atoms with Crippen molar-refractivity contribution in [1.82, 2.24) is 19.7 Å². The number of rotatable bonds is 5. The summed E-state index contributed by atoms with van der Waals surface area (Å²) in [7, 11) is 0. The van der Waals surface area contributed by atoms with Gasteiger partial charge in [-0.1, -0.05) is 0 Å². The maximum Gasteiger partial charge on any atom is 0.257 e. The number of anilines is 1. The molecule has 1 N–H and O–H groups in total. The first-order chi connectivity index (χ1) is 12.8. The van der Waals surface area contributed by atoms with Crippen molar-refractivity contribution in [2.75, 3.05) is 31.6 Å². The molecule has 3 aromatic rings. The minimum atomic E-state index is -0.163. The van der Waals surface area contributed by atoms with E-state index in [4.69, 9.17) is 4.74 Å². The molecule has 26 heavy (non-hydrogen) atoms. The van der Waals surface area contributed by atoms with Crippen LogP contribution in [0.3, 0.4) is 0 Å². The SMILES string of the molecule is O=C(Nc1nc(CN2CCOCC2)cs1)c1ccc(-n2cccn2)cc1. The number of hydrogen-bond acceptors (Lipinski definition) is 6. The Bertz CT molecular complexity index is 854. The number of amides is 1. The van der Waals surface area contributed by atoms with Crippen molar-refractivity contribution in [3.05, 3.63) is 59.4 Å². The predicted octanol–water partition coefficient (Wildman–Crippen LogP) is 2.41. The quantitative estimate of drug-likeness (QED) is 0.748. The average Bonchev–Trinajstić information content (AvgIpc) is 3.35. The summed E-state index contributed by atoms with van der Waals surface area (Å²) in [5, 5.41) is 9.66. The first kappa shape index (κ1) is 16.9. The second-order valence-electron chi connectivity index (χ2n) is 5.98. The van der Waals surface area contributed by atoms with Crippen molar-refractivity contribution in [2.24, 2.45) is 0 Å². The van der Waals surface area contributed by atoms with E-state index in [-0.39, 0.29) is 5.91 Å². The number of benzene rings is 1. The lowest BCUT2D eigenvalue weighted by molar-refractivity contribution is 0.0337. The Morgan fingerprint density at radius 2 is 2.04 bits per heavy atom. The Morgan fingerprint density at radius 3 is 2.77 bits per heavy atom. The topological polar surface area (TPSA) is 72.3 Å². The van der Waals surface area contributed by atoms with Gasteiger partial charge in [0.1, 0.15) is 0 Å². The zero-order valence-corrected chi connectivity index (χ0v) is 15.0. The fraction of sp³-hybridized carbons (Fsp3) is 0.278. The first-order valence-electron chi connectivity index (χ1n) is 8.44. The molecule has 3 heterocycles. The van der Waals surface area contributed by atoms with Crippen molar-refractivity contribution in [1.29, 1.82) is 0 Å². The molecule has 4 rings (SSSR count). The van der Waals surface area contributed by atoms with Gasteiger partial charge in [0, 0.05) is 43.0 Å². The second kappa shape index (κ2) is 7.77. The summed E-state index contributed by atoms with van der Waals surface area (Å²) in [5.41, 5.74) is 2.47. The van der Waals surface area contributed by atoms with Crippen LogP contribution in [0.15, 0.2) is 48.1 Å². The molecule has 8 heteroatoms. The molecule has 7 nitrogen and oxygen atoms in total. The second-order valence-corrected chi connectivity index (χ2v) is 6.84. The summed E-state index contributed by atoms with van der Waals surface area (Å²) in [6.07, 6.45) is 3.58. The minimum absolute atomic E-state index is 0.163. The molecule has 1 aliphatic heterocycles. The summed E-state index contributed by atoms with van der Waals surface area (Å²) >= 11 is 1.45. The highest BCUT2D eigenvalue weighted by atomic mass is 32.1. The third kappa shape index (κ3) is 3.98. The van der Waals surface area contributed by atoms with Crippen molar-refractivity contribution in [3.63, 3.8) is 0 Å². The molecule has 0 atom stereocenters. The van der Waals surface area contributed by atoms with Gasteiger partial charge in [-0.15, -0.1) is 11.3 Å². The Kier molecular flexibility index (Phi) is 5.05. The molecule has 1 fully saturated rings. The van der Waals surface area contributed by atoms with Gasteiger partial charge >= 0.3 is 0 Å². The van der Waals surface area contributed by atoms with E-state index in [1.54, 1.807) is 23.0 Å². The molecule has 0 saturated carbocycles. The largest absolute Gasteiger partial charge is 0.379 e. The van der Waals surface area contributed by atoms with E-state index < -0.39 is 0 Å². The highest BCUT2D eigenvalue weighted by Crippen LogP contribution is 2.18. The highest BCUT2D eigenvalue weighted by molar-refractivity contribution is 7.13. The number of hydrogen-bond donors (Lipinski definition) is 1. The molecular weight excluding hydrogens is 350 g/mol. The van der Waals surface area contributed by atoms with Gasteiger partial charge in [0.05, 0.1) is 24.6 Å². The van der Waals surface area contributed by atoms with Gasteiger partial charge in [0.25, 0.3) is 5.91 Å². The zero-order valence-electron chi connectivity index (χ0n) is 14.2. The Balaban J connectivity index is 1.37. The van der Waals surface area contributed by atoms with E-state index in [1.807, 2.05) is 29.8 Å². The van der Waals surface area contributed by atoms with E-state index in [2.05, 4.69) is 20.3 Å².